The Morgan fingerprint density at radius 3 is 2.67 bits per heavy atom. The molecule has 0 fully saturated rings. The Morgan fingerprint density at radius 2 is 1.93 bits per heavy atom. The van der Waals surface area contributed by atoms with Gasteiger partial charge < -0.3 is 14.0 Å². The highest BCUT2D eigenvalue weighted by Crippen LogP contribution is 2.32. The summed E-state index contributed by atoms with van der Waals surface area (Å²) >= 11 is 0. The van der Waals surface area contributed by atoms with Gasteiger partial charge in [0.1, 0.15) is 17.3 Å². The minimum absolute atomic E-state index is 0.369. The SMILES string of the molecule is Cc1ccc(-c2ccccc2-c2nccn2CCc2c[nH]c(=O)[nH]c2=O)o1. The van der Waals surface area contributed by atoms with E-state index in [1.165, 1.54) is 6.20 Å². The summed E-state index contributed by atoms with van der Waals surface area (Å²) in [7, 11) is 0. The predicted octanol–water partition coefficient (Wildman–Crippen LogP) is 2.74. The Morgan fingerprint density at radius 1 is 1.11 bits per heavy atom. The molecule has 0 bridgehead atoms. The van der Waals surface area contributed by atoms with E-state index in [9.17, 15) is 9.59 Å². The molecule has 0 amide bonds. The van der Waals surface area contributed by atoms with Crippen molar-refractivity contribution >= 4 is 0 Å². The second-order valence-corrected chi connectivity index (χ2v) is 6.25. The normalized spacial score (nSPS) is 11.0. The van der Waals surface area contributed by atoms with Crippen LogP contribution >= 0.6 is 0 Å². The summed E-state index contributed by atoms with van der Waals surface area (Å²) in [5, 5.41) is 0. The van der Waals surface area contributed by atoms with E-state index in [2.05, 4.69) is 15.0 Å². The third kappa shape index (κ3) is 3.39. The van der Waals surface area contributed by atoms with Crippen molar-refractivity contribution in [2.75, 3.05) is 0 Å². The topological polar surface area (TPSA) is 96.7 Å². The lowest BCUT2D eigenvalue weighted by atomic mass is 10.0. The van der Waals surface area contributed by atoms with Crippen molar-refractivity contribution in [2.45, 2.75) is 19.9 Å². The number of furan rings is 1. The van der Waals surface area contributed by atoms with Gasteiger partial charge in [0.05, 0.1) is 0 Å². The molecule has 3 heterocycles. The molecule has 1 aromatic carbocycles. The maximum atomic E-state index is 11.9. The first-order valence-corrected chi connectivity index (χ1v) is 8.60. The number of imidazole rings is 1. The molecule has 0 saturated carbocycles. The number of aromatic nitrogens is 4. The van der Waals surface area contributed by atoms with Crippen LogP contribution in [0.2, 0.25) is 0 Å². The second-order valence-electron chi connectivity index (χ2n) is 6.25. The molecule has 7 heteroatoms. The third-order valence-electron chi connectivity index (χ3n) is 4.41. The molecule has 4 rings (SSSR count). The first-order valence-electron chi connectivity index (χ1n) is 8.60. The van der Waals surface area contributed by atoms with Gasteiger partial charge in [-0.25, -0.2) is 9.78 Å². The summed E-state index contributed by atoms with van der Waals surface area (Å²) in [4.78, 5) is 32.3. The van der Waals surface area contributed by atoms with Crippen molar-refractivity contribution in [1.82, 2.24) is 19.5 Å². The van der Waals surface area contributed by atoms with Gasteiger partial charge in [-0.05, 0) is 25.5 Å². The van der Waals surface area contributed by atoms with Crippen LogP contribution in [0.4, 0.5) is 0 Å². The number of H-pyrrole nitrogens is 2. The zero-order valence-corrected chi connectivity index (χ0v) is 14.7. The molecule has 0 saturated heterocycles. The maximum absolute atomic E-state index is 11.9. The number of aryl methyl sites for hydroxylation is 3. The summed E-state index contributed by atoms with van der Waals surface area (Å²) in [6.07, 6.45) is 5.53. The van der Waals surface area contributed by atoms with Crippen LogP contribution in [0.15, 0.2) is 69.0 Å². The van der Waals surface area contributed by atoms with Crippen LogP contribution in [-0.2, 0) is 13.0 Å². The molecule has 4 aromatic rings. The van der Waals surface area contributed by atoms with Crippen molar-refractivity contribution in [3.05, 3.63) is 87.2 Å². The van der Waals surface area contributed by atoms with Gasteiger partial charge in [-0.1, -0.05) is 24.3 Å². The molecule has 7 nitrogen and oxygen atoms in total. The van der Waals surface area contributed by atoms with Gasteiger partial charge in [0.25, 0.3) is 5.56 Å². The van der Waals surface area contributed by atoms with Gasteiger partial charge in [0.15, 0.2) is 0 Å². The van der Waals surface area contributed by atoms with E-state index in [0.717, 1.165) is 28.5 Å². The van der Waals surface area contributed by atoms with Crippen LogP contribution in [0.1, 0.15) is 11.3 Å². The summed E-state index contributed by atoms with van der Waals surface area (Å²) in [5.74, 6) is 2.43. The first kappa shape index (κ1) is 16.8. The molecule has 2 N–H and O–H groups in total. The monoisotopic (exact) mass is 362 g/mol. The van der Waals surface area contributed by atoms with E-state index in [1.54, 1.807) is 6.20 Å². The van der Waals surface area contributed by atoms with Gasteiger partial charge >= 0.3 is 5.69 Å². The van der Waals surface area contributed by atoms with Gasteiger partial charge in [-0.3, -0.25) is 9.78 Å². The van der Waals surface area contributed by atoms with Crippen molar-refractivity contribution < 1.29 is 4.42 Å². The molecule has 0 spiro atoms. The Bertz CT molecular complexity index is 1200. The Kier molecular flexibility index (Phi) is 4.33. The number of rotatable bonds is 5. The van der Waals surface area contributed by atoms with Crippen LogP contribution in [0, 0.1) is 6.92 Å². The number of nitrogens with one attached hydrogen (secondary N) is 2. The van der Waals surface area contributed by atoms with E-state index in [-0.39, 0.29) is 5.56 Å². The lowest BCUT2D eigenvalue weighted by Gasteiger charge is -2.11. The molecule has 0 radical (unpaired) electrons. The van der Waals surface area contributed by atoms with Gasteiger partial charge in [-0.2, -0.15) is 0 Å². The molecule has 0 aliphatic carbocycles. The summed E-state index contributed by atoms with van der Waals surface area (Å²) in [6.45, 7) is 2.46. The minimum Gasteiger partial charge on any atom is -0.461 e. The largest absolute Gasteiger partial charge is 0.461 e. The number of hydrogen-bond acceptors (Lipinski definition) is 4. The van der Waals surface area contributed by atoms with E-state index >= 15 is 0 Å². The molecule has 3 aromatic heterocycles. The Balaban J connectivity index is 1.67. The van der Waals surface area contributed by atoms with Crippen molar-refractivity contribution in [1.29, 1.82) is 0 Å². The quantitative estimate of drug-likeness (QED) is 0.570. The Hall–Kier alpha value is -3.61. The maximum Gasteiger partial charge on any atom is 0.325 e. The molecule has 27 heavy (non-hydrogen) atoms. The van der Waals surface area contributed by atoms with Gasteiger partial charge in [0, 0.05) is 41.8 Å². The van der Waals surface area contributed by atoms with Crippen molar-refractivity contribution in [3.63, 3.8) is 0 Å². The van der Waals surface area contributed by atoms with E-state index < -0.39 is 5.69 Å². The fourth-order valence-electron chi connectivity index (χ4n) is 3.07. The predicted molar refractivity (Wildman–Crippen MR) is 101 cm³/mol. The fraction of sp³-hybridized carbons (Fsp3) is 0.150. The van der Waals surface area contributed by atoms with Crippen LogP contribution in [0.25, 0.3) is 22.7 Å². The average Bonchev–Trinajstić information content (AvgIpc) is 3.30. The first-order chi connectivity index (χ1) is 13.1. The molecular weight excluding hydrogens is 344 g/mol. The number of benzene rings is 1. The third-order valence-corrected chi connectivity index (χ3v) is 4.41. The van der Waals surface area contributed by atoms with Crippen LogP contribution in [0.3, 0.4) is 0 Å². The van der Waals surface area contributed by atoms with E-state index in [1.807, 2.05) is 54.1 Å². The minimum atomic E-state index is -0.505. The second kappa shape index (κ2) is 6.95. The molecule has 136 valence electrons. The highest BCUT2D eigenvalue weighted by molar-refractivity contribution is 5.78. The summed E-state index contributed by atoms with van der Waals surface area (Å²) < 4.78 is 7.77. The highest BCUT2D eigenvalue weighted by atomic mass is 16.3. The molecule has 0 aliphatic rings. The molecular formula is C20H18N4O3. The fourth-order valence-corrected chi connectivity index (χ4v) is 3.07. The Labute approximate surface area is 154 Å². The number of aromatic amines is 2. The van der Waals surface area contributed by atoms with Gasteiger partial charge in [-0.15, -0.1) is 0 Å². The number of nitrogens with zero attached hydrogens (tertiary/aromatic N) is 2. The standard InChI is InChI=1S/C20H18N4O3/c1-13-6-7-17(27-13)15-4-2-3-5-16(15)18-21-9-11-24(18)10-8-14-12-22-20(26)23-19(14)25/h2-7,9,11-12H,8,10H2,1H3,(H2,22,23,25,26). The van der Waals surface area contributed by atoms with Crippen molar-refractivity contribution in [3.8, 4) is 22.7 Å². The summed E-state index contributed by atoms with van der Waals surface area (Å²) in [5.41, 5.74) is 1.55. The molecule has 0 atom stereocenters. The van der Waals surface area contributed by atoms with E-state index in [0.29, 0.717) is 18.5 Å². The van der Waals surface area contributed by atoms with Crippen molar-refractivity contribution in [2.24, 2.45) is 0 Å². The zero-order chi connectivity index (χ0) is 18.8. The van der Waals surface area contributed by atoms with Gasteiger partial charge in [0.2, 0.25) is 0 Å². The van der Waals surface area contributed by atoms with E-state index in [4.69, 9.17) is 4.42 Å². The lowest BCUT2D eigenvalue weighted by molar-refractivity contribution is 0.548. The average molecular weight is 362 g/mol. The smallest absolute Gasteiger partial charge is 0.325 e. The number of hydrogen-bond donors (Lipinski definition) is 2. The molecule has 0 unspecified atom stereocenters. The lowest BCUT2D eigenvalue weighted by Crippen LogP contribution is -2.25. The molecule has 0 aliphatic heterocycles. The van der Waals surface area contributed by atoms with Crippen LogP contribution in [0.5, 0.6) is 0 Å². The summed E-state index contributed by atoms with van der Waals surface area (Å²) in [6, 6.07) is 11.8. The van der Waals surface area contributed by atoms with Crippen LogP contribution in [-0.4, -0.2) is 19.5 Å². The highest BCUT2D eigenvalue weighted by Gasteiger charge is 2.14. The van der Waals surface area contributed by atoms with Crippen LogP contribution < -0.4 is 11.2 Å². The zero-order valence-electron chi connectivity index (χ0n) is 14.7.